The maximum Gasteiger partial charge on any atom is 0.322 e. The molecule has 6 heteroatoms. The van der Waals surface area contributed by atoms with E-state index >= 15 is 0 Å². The first-order chi connectivity index (χ1) is 9.34. The summed E-state index contributed by atoms with van der Waals surface area (Å²) in [6.07, 6.45) is 1.57. The lowest BCUT2D eigenvalue weighted by Crippen LogP contribution is -2.41. The van der Waals surface area contributed by atoms with Gasteiger partial charge in [0.2, 0.25) is 0 Å². The molecule has 0 saturated heterocycles. The highest BCUT2D eigenvalue weighted by molar-refractivity contribution is 5.16. The van der Waals surface area contributed by atoms with Crippen LogP contribution in [-0.2, 0) is 5.41 Å². The van der Waals surface area contributed by atoms with Gasteiger partial charge in [-0.25, -0.2) is 0 Å². The summed E-state index contributed by atoms with van der Waals surface area (Å²) in [5.74, 6) is 0.610. The first kappa shape index (κ1) is 16.6. The van der Waals surface area contributed by atoms with E-state index in [-0.39, 0.29) is 29.5 Å². The third-order valence-corrected chi connectivity index (χ3v) is 4.47. The highest BCUT2D eigenvalue weighted by atomic mass is 16.5. The molecular formula is C14H25N3O3. The molecule has 1 atom stereocenters. The molecule has 20 heavy (non-hydrogen) atoms. The highest BCUT2D eigenvalue weighted by Crippen LogP contribution is 2.45. The number of hydrogen-bond donors (Lipinski definition) is 1. The second kappa shape index (κ2) is 6.35. The van der Waals surface area contributed by atoms with Crippen LogP contribution in [0.25, 0.3) is 0 Å². The van der Waals surface area contributed by atoms with Crippen LogP contribution in [0, 0.1) is 5.41 Å². The van der Waals surface area contributed by atoms with E-state index < -0.39 is 0 Å². The molecule has 1 heterocycles. The molecule has 6 nitrogen and oxygen atoms in total. The van der Waals surface area contributed by atoms with Crippen LogP contribution in [0.4, 0.5) is 0 Å². The van der Waals surface area contributed by atoms with Crippen LogP contribution in [0.5, 0.6) is 12.0 Å². The van der Waals surface area contributed by atoms with Crippen LogP contribution in [0.15, 0.2) is 0 Å². The third kappa shape index (κ3) is 3.00. The number of aliphatic hydroxyl groups excluding tert-OH is 1. The van der Waals surface area contributed by atoms with Crippen molar-refractivity contribution in [3.8, 4) is 12.0 Å². The normalized spacial score (nSPS) is 14.8. The van der Waals surface area contributed by atoms with Crippen molar-refractivity contribution in [2.75, 3.05) is 20.8 Å². The van der Waals surface area contributed by atoms with Crippen molar-refractivity contribution < 1.29 is 14.6 Å². The maximum atomic E-state index is 9.34. The van der Waals surface area contributed by atoms with Crippen molar-refractivity contribution >= 4 is 0 Å². The first-order valence-electron chi connectivity index (χ1n) is 6.80. The Bertz CT molecular complexity index is 429. The Morgan fingerprint density at radius 3 is 1.85 bits per heavy atom. The van der Waals surface area contributed by atoms with E-state index in [0.29, 0.717) is 12.2 Å². The monoisotopic (exact) mass is 283 g/mol. The number of aromatic nitrogens is 3. The van der Waals surface area contributed by atoms with Crippen LogP contribution >= 0.6 is 0 Å². The average Bonchev–Trinajstić information content (AvgIpc) is 2.46. The molecule has 0 saturated carbocycles. The smallest absolute Gasteiger partial charge is 0.322 e. The average molecular weight is 283 g/mol. The number of nitrogens with zero attached hydrogens (tertiary/aromatic N) is 3. The molecule has 0 amide bonds. The van der Waals surface area contributed by atoms with Crippen molar-refractivity contribution in [3.05, 3.63) is 5.82 Å². The fourth-order valence-corrected chi connectivity index (χ4v) is 2.25. The lowest BCUT2D eigenvalue weighted by molar-refractivity contribution is 0.102. The zero-order valence-corrected chi connectivity index (χ0v) is 13.2. The molecule has 0 aliphatic rings. The van der Waals surface area contributed by atoms with E-state index in [9.17, 15) is 5.11 Å². The van der Waals surface area contributed by atoms with Gasteiger partial charge in [0.25, 0.3) is 0 Å². The van der Waals surface area contributed by atoms with Gasteiger partial charge in [-0.2, -0.15) is 9.97 Å². The lowest BCUT2D eigenvalue weighted by atomic mass is 9.63. The molecule has 1 aromatic rings. The summed E-state index contributed by atoms with van der Waals surface area (Å²) in [6.45, 7) is 8.51. The zero-order chi connectivity index (χ0) is 15.4. The largest absolute Gasteiger partial charge is 0.467 e. The van der Waals surface area contributed by atoms with Crippen molar-refractivity contribution in [1.82, 2.24) is 15.0 Å². The molecule has 0 fully saturated rings. The predicted molar refractivity (Wildman–Crippen MR) is 76.1 cm³/mol. The van der Waals surface area contributed by atoms with Gasteiger partial charge in [-0.05, 0) is 18.3 Å². The molecule has 0 aliphatic heterocycles. The summed E-state index contributed by atoms with van der Waals surface area (Å²) in [5, 5.41) is 9.34. The Balaban J connectivity index is 3.32. The first-order valence-corrected chi connectivity index (χ1v) is 6.80. The number of methoxy groups -OCH3 is 2. The molecule has 1 aromatic heterocycles. The number of ether oxygens (including phenoxy) is 2. The second-order valence-electron chi connectivity index (χ2n) is 5.65. The molecule has 114 valence electrons. The third-order valence-electron chi connectivity index (χ3n) is 4.47. The molecule has 1 rings (SSSR count). The predicted octanol–water partition coefficient (Wildman–Crippen LogP) is 1.97. The Kier molecular flexibility index (Phi) is 5.28. The van der Waals surface area contributed by atoms with Crippen LogP contribution in [0.3, 0.4) is 0 Å². The Morgan fingerprint density at radius 1 is 1.00 bits per heavy atom. The van der Waals surface area contributed by atoms with Gasteiger partial charge < -0.3 is 14.6 Å². The van der Waals surface area contributed by atoms with Crippen LogP contribution in [-0.4, -0.2) is 40.9 Å². The minimum absolute atomic E-state index is 0.132. The van der Waals surface area contributed by atoms with Gasteiger partial charge in [0.1, 0.15) is 5.82 Å². The van der Waals surface area contributed by atoms with Gasteiger partial charge in [0.05, 0.1) is 14.2 Å². The summed E-state index contributed by atoms with van der Waals surface area (Å²) in [7, 11) is 3.02. The van der Waals surface area contributed by atoms with Crippen molar-refractivity contribution in [2.45, 2.75) is 46.0 Å². The summed E-state index contributed by atoms with van der Waals surface area (Å²) in [6, 6.07) is 0.477. The van der Waals surface area contributed by atoms with Gasteiger partial charge in [0.15, 0.2) is 0 Å². The van der Waals surface area contributed by atoms with E-state index in [1.807, 2.05) is 0 Å². The summed E-state index contributed by atoms with van der Waals surface area (Å²) < 4.78 is 10.2. The van der Waals surface area contributed by atoms with Crippen LogP contribution < -0.4 is 9.47 Å². The summed E-state index contributed by atoms with van der Waals surface area (Å²) >= 11 is 0. The Morgan fingerprint density at radius 2 is 1.50 bits per heavy atom. The SMILES string of the molecule is CCC(C)(CCO)C(C)(C)c1nc(OC)nc(OC)n1. The van der Waals surface area contributed by atoms with Crippen LogP contribution in [0.2, 0.25) is 0 Å². The molecular weight excluding hydrogens is 258 g/mol. The molecule has 1 N–H and O–H groups in total. The topological polar surface area (TPSA) is 77.4 Å². The maximum absolute atomic E-state index is 9.34. The molecule has 0 spiro atoms. The summed E-state index contributed by atoms with van der Waals surface area (Å²) in [5.41, 5.74) is -0.493. The van der Waals surface area contributed by atoms with E-state index in [1.54, 1.807) is 0 Å². The van der Waals surface area contributed by atoms with Crippen molar-refractivity contribution in [2.24, 2.45) is 5.41 Å². The number of hydrogen-bond acceptors (Lipinski definition) is 6. The number of aliphatic hydroxyl groups is 1. The van der Waals surface area contributed by atoms with Crippen molar-refractivity contribution in [1.29, 1.82) is 0 Å². The Labute approximate surface area is 120 Å². The molecule has 0 aliphatic carbocycles. The quantitative estimate of drug-likeness (QED) is 0.824. The lowest BCUT2D eigenvalue weighted by Gasteiger charge is -2.42. The summed E-state index contributed by atoms with van der Waals surface area (Å²) in [4.78, 5) is 12.7. The van der Waals surface area contributed by atoms with E-state index in [2.05, 4.69) is 42.6 Å². The molecule has 0 bridgehead atoms. The zero-order valence-electron chi connectivity index (χ0n) is 13.2. The van der Waals surface area contributed by atoms with Crippen molar-refractivity contribution in [3.63, 3.8) is 0 Å². The van der Waals surface area contributed by atoms with E-state index in [0.717, 1.165) is 6.42 Å². The van der Waals surface area contributed by atoms with Gasteiger partial charge in [-0.15, -0.1) is 4.98 Å². The fourth-order valence-electron chi connectivity index (χ4n) is 2.25. The molecule has 0 radical (unpaired) electrons. The van der Waals surface area contributed by atoms with Crippen LogP contribution in [0.1, 0.15) is 46.4 Å². The second-order valence-corrected chi connectivity index (χ2v) is 5.65. The fraction of sp³-hybridized carbons (Fsp3) is 0.786. The van der Waals surface area contributed by atoms with E-state index in [4.69, 9.17) is 9.47 Å². The van der Waals surface area contributed by atoms with Gasteiger partial charge in [-0.3, -0.25) is 0 Å². The highest BCUT2D eigenvalue weighted by Gasteiger charge is 2.43. The van der Waals surface area contributed by atoms with Gasteiger partial charge in [0, 0.05) is 12.0 Å². The molecule has 1 unspecified atom stereocenters. The van der Waals surface area contributed by atoms with Gasteiger partial charge in [-0.1, -0.05) is 27.7 Å². The van der Waals surface area contributed by atoms with Gasteiger partial charge >= 0.3 is 12.0 Å². The Hall–Kier alpha value is -1.43. The number of rotatable bonds is 7. The van der Waals surface area contributed by atoms with E-state index in [1.165, 1.54) is 14.2 Å². The standard InChI is InChI=1S/C14H25N3O3/c1-7-14(4,8-9-18)13(2,3)10-15-11(19-5)17-12(16-10)20-6/h18H,7-9H2,1-6H3. The molecule has 0 aromatic carbocycles. The minimum Gasteiger partial charge on any atom is -0.467 e. The minimum atomic E-state index is -0.353.